The summed E-state index contributed by atoms with van der Waals surface area (Å²) in [4.78, 5) is 18.7. The van der Waals surface area contributed by atoms with E-state index >= 15 is 0 Å². The number of furan rings is 1. The van der Waals surface area contributed by atoms with Gasteiger partial charge in [-0.2, -0.15) is 0 Å². The summed E-state index contributed by atoms with van der Waals surface area (Å²) in [6, 6.07) is 14.6. The second-order valence-corrected chi connectivity index (χ2v) is 5.33. The van der Waals surface area contributed by atoms with E-state index in [4.69, 9.17) is 9.15 Å². The van der Waals surface area contributed by atoms with E-state index in [0.29, 0.717) is 18.7 Å². The lowest BCUT2D eigenvalue weighted by Gasteiger charge is -2.22. The van der Waals surface area contributed by atoms with E-state index in [2.05, 4.69) is 4.98 Å². The van der Waals surface area contributed by atoms with E-state index in [1.807, 2.05) is 24.3 Å². The maximum absolute atomic E-state index is 12.9. The fourth-order valence-corrected chi connectivity index (χ4v) is 2.42. The molecule has 1 amide bonds. The van der Waals surface area contributed by atoms with Gasteiger partial charge in [-0.1, -0.05) is 6.07 Å². The molecule has 0 aliphatic heterocycles. The molecule has 0 fully saturated rings. The maximum Gasteiger partial charge on any atom is 0.254 e. The zero-order chi connectivity index (χ0) is 16.8. The molecule has 2 heterocycles. The van der Waals surface area contributed by atoms with E-state index in [1.165, 1.54) is 0 Å². The Morgan fingerprint density at radius 2 is 1.96 bits per heavy atom. The maximum atomic E-state index is 12.9. The molecule has 0 aliphatic rings. The molecule has 0 atom stereocenters. The molecule has 0 saturated heterocycles. The third-order valence-electron chi connectivity index (χ3n) is 3.65. The van der Waals surface area contributed by atoms with E-state index < -0.39 is 0 Å². The molecule has 0 bridgehead atoms. The van der Waals surface area contributed by atoms with Gasteiger partial charge < -0.3 is 14.1 Å². The molecule has 1 aromatic carbocycles. The average Bonchev–Trinajstić information content (AvgIpc) is 3.15. The molecule has 5 heteroatoms. The third kappa shape index (κ3) is 3.81. The number of hydrogen-bond donors (Lipinski definition) is 0. The summed E-state index contributed by atoms with van der Waals surface area (Å²) in [5.74, 6) is 1.38. The van der Waals surface area contributed by atoms with Gasteiger partial charge in [0.1, 0.15) is 11.5 Å². The Labute approximate surface area is 140 Å². The molecule has 5 nitrogen and oxygen atoms in total. The number of carbonyl (C=O) groups excluding carboxylic acids is 1. The van der Waals surface area contributed by atoms with Crippen LogP contribution in [0.15, 0.2) is 71.6 Å². The number of rotatable bonds is 6. The fourth-order valence-electron chi connectivity index (χ4n) is 2.42. The van der Waals surface area contributed by atoms with Crippen molar-refractivity contribution in [3.05, 3.63) is 84.1 Å². The number of benzene rings is 1. The summed E-state index contributed by atoms with van der Waals surface area (Å²) < 4.78 is 10.5. The molecular formula is C19H18N2O3. The summed E-state index contributed by atoms with van der Waals surface area (Å²) in [6.45, 7) is 0.853. The molecule has 2 aromatic heterocycles. The normalized spacial score (nSPS) is 10.4. The van der Waals surface area contributed by atoms with Crippen molar-refractivity contribution in [2.45, 2.75) is 13.1 Å². The summed E-state index contributed by atoms with van der Waals surface area (Å²) in [5, 5.41) is 0. The van der Waals surface area contributed by atoms with Crippen molar-refractivity contribution in [1.29, 1.82) is 0 Å². The Hall–Kier alpha value is -3.08. The quantitative estimate of drug-likeness (QED) is 0.697. The summed E-state index contributed by atoms with van der Waals surface area (Å²) in [5.41, 5.74) is 1.57. The number of carbonyl (C=O) groups is 1. The smallest absolute Gasteiger partial charge is 0.254 e. The van der Waals surface area contributed by atoms with Gasteiger partial charge >= 0.3 is 0 Å². The van der Waals surface area contributed by atoms with Gasteiger partial charge in [-0.25, -0.2) is 0 Å². The van der Waals surface area contributed by atoms with Gasteiger partial charge in [0.2, 0.25) is 0 Å². The Morgan fingerprint density at radius 3 is 2.58 bits per heavy atom. The number of nitrogens with zero attached hydrogens (tertiary/aromatic N) is 2. The molecule has 3 aromatic rings. The van der Waals surface area contributed by atoms with E-state index in [1.54, 1.807) is 54.9 Å². The number of hydrogen-bond acceptors (Lipinski definition) is 4. The topological polar surface area (TPSA) is 55.6 Å². The summed E-state index contributed by atoms with van der Waals surface area (Å²) in [6.07, 6.45) is 5.08. The van der Waals surface area contributed by atoms with Crippen LogP contribution in [0.1, 0.15) is 21.7 Å². The molecule has 3 rings (SSSR count). The number of amides is 1. The van der Waals surface area contributed by atoms with Crippen LogP contribution in [-0.2, 0) is 13.1 Å². The highest BCUT2D eigenvalue weighted by atomic mass is 16.5. The highest BCUT2D eigenvalue weighted by Crippen LogP contribution is 2.17. The number of pyridine rings is 1. The lowest BCUT2D eigenvalue weighted by molar-refractivity contribution is 0.0717. The van der Waals surface area contributed by atoms with Crippen molar-refractivity contribution in [2.75, 3.05) is 7.11 Å². The van der Waals surface area contributed by atoms with E-state index in [0.717, 1.165) is 17.1 Å². The van der Waals surface area contributed by atoms with Gasteiger partial charge in [-0.3, -0.25) is 9.78 Å². The molecule has 0 saturated carbocycles. The molecular weight excluding hydrogens is 304 g/mol. The van der Waals surface area contributed by atoms with E-state index in [-0.39, 0.29) is 5.91 Å². The predicted molar refractivity (Wildman–Crippen MR) is 89.5 cm³/mol. The molecule has 122 valence electrons. The van der Waals surface area contributed by atoms with Crippen molar-refractivity contribution >= 4 is 5.91 Å². The second-order valence-electron chi connectivity index (χ2n) is 5.33. The average molecular weight is 322 g/mol. The lowest BCUT2D eigenvalue weighted by atomic mass is 10.1. The molecule has 0 unspecified atom stereocenters. The van der Waals surface area contributed by atoms with Crippen molar-refractivity contribution < 1.29 is 13.9 Å². The van der Waals surface area contributed by atoms with Crippen LogP contribution < -0.4 is 4.74 Å². The van der Waals surface area contributed by atoms with Crippen LogP contribution in [0.2, 0.25) is 0 Å². The Balaban J connectivity index is 1.83. The first-order valence-electron chi connectivity index (χ1n) is 7.61. The monoisotopic (exact) mass is 322 g/mol. The Bertz CT molecular complexity index is 768. The Morgan fingerprint density at radius 1 is 1.12 bits per heavy atom. The molecule has 0 radical (unpaired) electrons. The summed E-state index contributed by atoms with van der Waals surface area (Å²) in [7, 11) is 1.60. The van der Waals surface area contributed by atoms with Gasteiger partial charge in [0.15, 0.2) is 0 Å². The minimum Gasteiger partial charge on any atom is -0.497 e. The van der Waals surface area contributed by atoms with Crippen molar-refractivity contribution in [3.8, 4) is 5.75 Å². The SMILES string of the molecule is COc1ccc(C(=O)N(Cc2cccnc2)Cc2ccco2)cc1. The zero-order valence-electron chi connectivity index (χ0n) is 13.4. The highest BCUT2D eigenvalue weighted by Gasteiger charge is 2.18. The standard InChI is InChI=1S/C19H18N2O3/c1-23-17-8-6-16(7-9-17)19(22)21(14-18-5-3-11-24-18)13-15-4-2-10-20-12-15/h2-12H,13-14H2,1H3. The first kappa shape index (κ1) is 15.8. The number of methoxy groups -OCH3 is 1. The molecule has 0 N–H and O–H groups in total. The van der Waals surface area contributed by atoms with Crippen LogP contribution in [0.3, 0.4) is 0 Å². The number of aromatic nitrogens is 1. The van der Waals surface area contributed by atoms with Crippen molar-refractivity contribution in [1.82, 2.24) is 9.88 Å². The molecule has 24 heavy (non-hydrogen) atoms. The zero-order valence-corrected chi connectivity index (χ0v) is 13.4. The lowest BCUT2D eigenvalue weighted by Crippen LogP contribution is -2.30. The highest BCUT2D eigenvalue weighted by molar-refractivity contribution is 5.94. The van der Waals surface area contributed by atoms with Crippen LogP contribution >= 0.6 is 0 Å². The van der Waals surface area contributed by atoms with Crippen LogP contribution in [0, 0.1) is 0 Å². The number of ether oxygens (including phenoxy) is 1. The first-order valence-corrected chi connectivity index (χ1v) is 7.61. The molecule has 0 aliphatic carbocycles. The van der Waals surface area contributed by atoms with E-state index in [9.17, 15) is 4.79 Å². The predicted octanol–water partition coefficient (Wildman–Crippen LogP) is 3.53. The fraction of sp³-hybridized carbons (Fsp3) is 0.158. The summed E-state index contributed by atoms with van der Waals surface area (Å²) >= 11 is 0. The van der Waals surface area contributed by atoms with Gasteiger partial charge in [0.05, 0.1) is 19.9 Å². The van der Waals surface area contributed by atoms with Crippen molar-refractivity contribution in [3.63, 3.8) is 0 Å². The third-order valence-corrected chi connectivity index (χ3v) is 3.65. The van der Waals surface area contributed by atoms with Gasteiger partial charge in [0.25, 0.3) is 5.91 Å². The van der Waals surface area contributed by atoms with Crippen LogP contribution in [0.4, 0.5) is 0 Å². The van der Waals surface area contributed by atoms with Crippen LogP contribution in [0.25, 0.3) is 0 Å². The van der Waals surface area contributed by atoms with Gasteiger partial charge in [-0.05, 0) is 48.0 Å². The molecule has 0 spiro atoms. The largest absolute Gasteiger partial charge is 0.497 e. The van der Waals surface area contributed by atoms with Gasteiger partial charge in [-0.15, -0.1) is 0 Å². The van der Waals surface area contributed by atoms with Crippen LogP contribution in [-0.4, -0.2) is 22.9 Å². The van der Waals surface area contributed by atoms with Crippen molar-refractivity contribution in [2.24, 2.45) is 0 Å². The van der Waals surface area contributed by atoms with Gasteiger partial charge in [0, 0.05) is 24.5 Å². The second kappa shape index (κ2) is 7.46. The Kier molecular flexibility index (Phi) is 4.91. The first-order chi connectivity index (χ1) is 11.8. The minimum atomic E-state index is -0.0714. The minimum absolute atomic E-state index is 0.0714. The van der Waals surface area contributed by atoms with Crippen LogP contribution in [0.5, 0.6) is 5.75 Å².